The monoisotopic (exact) mass is 234 g/mol. The largest absolute Gasteiger partial charge is 0.383 e. The van der Waals surface area contributed by atoms with E-state index in [1.54, 1.807) is 0 Å². The summed E-state index contributed by atoms with van der Waals surface area (Å²) in [6.07, 6.45) is 0.830. The van der Waals surface area contributed by atoms with Gasteiger partial charge < -0.3 is 10.6 Å². The minimum absolute atomic E-state index is 0.624. The Labute approximate surface area is 103 Å². The van der Waals surface area contributed by atoms with E-state index in [1.807, 2.05) is 6.92 Å². The Kier molecular flexibility index (Phi) is 3.22. The molecule has 0 amide bonds. The molecular formula is C13H22N4. The predicted molar refractivity (Wildman–Crippen MR) is 71.1 cm³/mol. The molecular weight excluding hydrogens is 212 g/mol. The molecule has 1 aliphatic heterocycles. The van der Waals surface area contributed by atoms with Gasteiger partial charge in [-0.2, -0.15) is 0 Å². The van der Waals surface area contributed by atoms with Crippen LogP contribution in [0.15, 0.2) is 0 Å². The number of nitrogens with two attached hydrogens (primary N) is 1. The molecule has 2 unspecified atom stereocenters. The first kappa shape index (κ1) is 12.1. The van der Waals surface area contributed by atoms with Gasteiger partial charge in [-0.1, -0.05) is 20.8 Å². The van der Waals surface area contributed by atoms with Crippen molar-refractivity contribution in [2.75, 3.05) is 23.7 Å². The van der Waals surface area contributed by atoms with Crippen molar-refractivity contribution in [3.63, 3.8) is 0 Å². The maximum atomic E-state index is 5.96. The summed E-state index contributed by atoms with van der Waals surface area (Å²) in [5, 5.41) is 0. The molecule has 2 atom stereocenters. The normalized spacial score (nSPS) is 24.4. The summed E-state index contributed by atoms with van der Waals surface area (Å²) in [4.78, 5) is 11.3. The minimum atomic E-state index is 0.624. The Morgan fingerprint density at radius 1 is 1.24 bits per heavy atom. The zero-order valence-electron chi connectivity index (χ0n) is 11.2. The molecule has 1 aromatic heterocycles. The molecule has 0 bridgehead atoms. The molecule has 4 heteroatoms. The fraction of sp³-hybridized carbons (Fsp3) is 0.692. The van der Waals surface area contributed by atoms with Gasteiger partial charge in [0.1, 0.15) is 17.5 Å². The lowest BCUT2D eigenvalue weighted by Gasteiger charge is -2.20. The van der Waals surface area contributed by atoms with E-state index in [0.717, 1.165) is 48.6 Å². The van der Waals surface area contributed by atoms with Crippen LogP contribution in [0.1, 0.15) is 32.2 Å². The van der Waals surface area contributed by atoms with E-state index in [2.05, 4.69) is 35.6 Å². The van der Waals surface area contributed by atoms with Crippen LogP contribution in [0.2, 0.25) is 0 Å². The summed E-state index contributed by atoms with van der Waals surface area (Å²) >= 11 is 0. The van der Waals surface area contributed by atoms with E-state index in [4.69, 9.17) is 5.73 Å². The molecule has 1 fully saturated rings. The van der Waals surface area contributed by atoms with Crippen LogP contribution < -0.4 is 10.6 Å². The predicted octanol–water partition coefficient (Wildman–Crippen LogP) is 2.02. The standard InChI is InChI=1S/C13H22N4/c1-5-11-15-12(14)10(4)13(16-11)17-6-8(2)9(3)7-17/h8-9H,5-7H2,1-4H3,(H2,14,15,16). The maximum Gasteiger partial charge on any atom is 0.137 e. The second-order valence-electron chi connectivity index (χ2n) is 5.19. The average molecular weight is 234 g/mol. The van der Waals surface area contributed by atoms with Crippen LogP contribution in [0.3, 0.4) is 0 Å². The molecule has 0 radical (unpaired) electrons. The van der Waals surface area contributed by atoms with Crippen molar-refractivity contribution in [2.45, 2.75) is 34.1 Å². The van der Waals surface area contributed by atoms with Crippen molar-refractivity contribution in [1.29, 1.82) is 0 Å². The van der Waals surface area contributed by atoms with Crippen LogP contribution >= 0.6 is 0 Å². The number of hydrogen-bond acceptors (Lipinski definition) is 4. The van der Waals surface area contributed by atoms with Gasteiger partial charge in [0, 0.05) is 25.1 Å². The third kappa shape index (κ3) is 2.21. The van der Waals surface area contributed by atoms with Crippen molar-refractivity contribution >= 4 is 11.6 Å². The van der Waals surface area contributed by atoms with E-state index < -0.39 is 0 Å². The van der Waals surface area contributed by atoms with Gasteiger partial charge >= 0.3 is 0 Å². The third-order valence-electron chi connectivity index (χ3n) is 3.81. The molecule has 4 nitrogen and oxygen atoms in total. The van der Waals surface area contributed by atoms with Gasteiger partial charge in [-0.25, -0.2) is 9.97 Å². The summed E-state index contributed by atoms with van der Waals surface area (Å²) in [5.74, 6) is 3.94. The zero-order chi connectivity index (χ0) is 12.6. The highest BCUT2D eigenvalue weighted by Crippen LogP contribution is 2.30. The highest BCUT2D eigenvalue weighted by atomic mass is 15.2. The highest BCUT2D eigenvalue weighted by Gasteiger charge is 2.28. The van der Waals surface area contributed by atoms with E-state index >= 15 is 0 Å². The number of nitrogen functional groups attached to an aromatic ring is 1. The molecule has 2 N–H and O–H groups in total. The topological polar surface area (TPSA) is 55.0 Å². The summed E-state index contributed by atoms with van der Waals surface area (Å²) in [6, 6.07) is 0. The van der Waals surface area contributed by atoms with Gasteiger partial charge in [-0.05, 0) is 18.8 Å². The number of rotatable bonds is 2. The first-order chi connectivity index (χ1) is 8.02. The lowest BCUT2D eigenvalue weighted by Crippen LogP contribution is -2.23. The SMILES string of the molecule is CCc1nc(N)c(C)c(N2CC(C)C(C)C2)n1. The summed E-state index contributed by atoms with van der Waals surface area (Å²) in [5.41, 5.74) is 6.97. The van der Waals surface area contributed by atoms with E-state index in [0.29, 0.717) is 5.82 Å². The summed E-state index contributed by atoms with van der Waals surface area (Å²) in [6.45, 7) is 10.8. The van der Waals surface area contributed by atoms with Crippen LogP contribution in [0.4, 0.5) is 11.6 Å². The van der Waals surface area contributed by atoms with Gasteiger partial charge in [-0.15, -0.1) is 0 Å². The molecule has 1 aromatic rings. The molecule has 0 spiro atoms. The Morgan fingerprint density at radius 2 is 1.82 bits per heavy atom. The summed E-state index contributed by atoms with van der Waals surface area (Å²) < 4.78 is 0. The van der Waals surface area contributed by atoms with Crippen molar-refractivity contribution in [3.8, 4) is 0 Å². The van der Waals surface area contributed by atoms with Gasteiger partial charge in [0.05, 0.1) is 0 Å². The molecule has 0 aromatic carbocycles. The van der Waals surface area contributed by atoms with Crippen molar-refractivity contribution in [1.82, 2.24) is 9.97 Å². The second kappa shape index (κ2) is 4.51. The van der Waals surface area contributed by atoms with Crippen LogP contribution in [0.25, 0.3) is 0 Å². The molecule has 17 heavy (non-hydrogen) atoms. The molecule has 0 aliphatic carbocycles. The number of aromatic nitrogens is 2. The Balaban J connectivity index is 2.35. The lowest BCUT2D eigenvalue weighted by atomic mass is 10.0. The average Bonchev–Trinajstić information content (AvgIpc) is 2.62. The Hall–Kier alpha value is -1.32. The number of anilines is 2. The molecule has 0 saturated carbocycles. The first-order valence-electron chi connectivity index (χ1n) is 6.40. The minimum Gasteiger partial charge on any atom is -0.383 e. The second-order valence-corrected chi connectivity index (χ2v) is 5.19. The van der Waals surface area contributed by atoms with E-state index in [9.17, 15) is 0 Å². The number of nitrogens with zero attached hydrogens (tertiary/aromatic N) is 3. The fourth-order valence-electron chi connectivity index (χ4n) is 2.34. The highest BCUT2D eigenvalue weighted by molar-refractivity contribution is 5.57. The fourth-order valence-corrected chi connectivity index (χ4v) is 2.34. The molecule has 1 aliphatic rings. The van der Waals surface area contributed by atoms with Gasteiger partial charge in [0.2, 0.25) is 0 Å². The smallest absolute Gasteiger partial charge is 0.137 e. The van der Waals surface area contributed by atoms with E-state index in [-0.39, 0.29) is 0 Å². The van der Waals surface area contributed by atoms with Crippen molar-refractivity contribution in [2.24, 2.45) is 11.8 Å². The Bertz CT molecular complexity index is 406. The van der Waals surface area contributed by atoms with Crippen LogP contribution in [0.5, 0.6) is 0 Å². The van der Waals surface area contributed by atoms with Crippen LogP contribution in [-0.4, -0.2) is 23.1 Å². The van der Waals surface area contributed by atoms with Crippen LogP contribution in [0, 0.1) is 18.8 Å². The quantitative estimate of drug-likeness (QED) is 0.850. The van der Waals surface area contributed by atoms with Crippen molar-refractivity contribution < 1.29 is 0 Å². The van der Waals surface area contributed by atoms with E-state index in [1.165, 1.54) is 0 Å². The maximum absolute atomic E-state index is 5.96. The number of hydrogen-bond donors (Lipinski definition) is 1. The van der Waals surface area contributed by atoms with Gasteiger partial charge in [0.25, 0.3) is 0 Å². The lowest BCUT2D eigenvalue weighted by molar-refractivity contribution is 0.494. The molecule has 2 rings (SSSR count). The van der Waals surface area contributed by atoms with Crippen molar-refractivity contribution in [3.05, 3.63) is 11.4 Å². The Morgan fingerprint density at radius 3 is 2.35 bits per heavy atom. The van der Waals surface area contributed by atoms with Crippen LogP contribution in [-0.2, 0) is 6.42 Å². The molecule has 2 heterocycles. The van der Waals surface area contributed by atoms with Gasteiger partial charge in [0.15, 0.2) is 0 Å². The zero-order valence-corrected chi connectivity index (χ0v) is 11.2. The third-order valence-corrected chi connectivity index (χ3v) is 3.81. The summed E-state index contributed by atoms with van der Waals surface area (Å²) in [7, 11) is 0. The number of aryl methyl sites for hydroxylation is 1. The first-order valence-corrected chi connectivity index (χ1v) is 6.40. The molecule has 94 valence electrons. The molecule has 1 saturated heterocycles. The van der Waals surface area contributed by atoms with Gasteiger partial charge in [-0.3, -0.25) is 0 Å².